The van der Waals surface area contributed by atoms with Crippen molar-refractivity contribution in [1.29, 1.82) is 0 Å². The SMILES string of the molecule is CC(C)S(=O)(=O)c1cn(C(CC2CCCC2)C(=O)Nc2ccn(C)n2)cn1. The summed E-state index contributed by atoms with van der Waals surface area (Å²) in [5.41, 5.74) is 0. The lowest BCUT2D eigenvalue weighted by atomic mass is 9.97. The van der Waals surface area contributed by atoms with Crippen molar-refractivity contribution in [2.45, 2.75) is 62.3 Å². The number of amides is 1. The van der Waals surface area contributed by atoms with Crippen LogP contribution in [-0.4, -0.2) is 38.9 Å². The Morgan fingerprint density at radius 3 is 2.63 bits per heavy atom. The van der Waals surface area contributed by atoms with Crippen LogP contribution in [-0.2, 0) is 21.7 Å². The molecule has 0 aliphatic heterocycles. The molecule has 0 spiro atoms. The fraction of sp³-hybridized carbons (Fsp3) is 0.611. The topological polar surface area (TPSA) is 98.9 Å². The second kappa shape index (κ2) is 7.84. The van der Waals surface area contributed by atoms with Gasteiger partial charge in [-0.15, -0.1) is 0 Å². The Bertz CT molecular complexity index is 894. The summed E-state index contributed by atoms with van der Waals surface area (Å²) >= 11 is 0. The molecule has 1 unspecified atom stereocenters. The first-order valence-electron chi connectivity index (χ1n) is 9.35. The molecule has 9 heteroatoms. The summed E-state index contributed by atoms with van der Waals surface area (Å²) in [5, 5.41) is 6.48. The van der Waals surface area contributed by atoms with E-state index in [1.165, 1.54) is 25.4 Å². The summed E-state index contributed by atoms with van der Waals surface area (Å²) in [5.74, 6) is 0.734. The van der Waals surface area contributed by atoms with Gasteiger partial charge in [0, 0.05) is 25.5 Å². The quantitative estimate of drug-likeness (QED) is 0.779. The Morgan fingerprint density at radius 2 is 2.04 bits per heavy atom. The summed E-state index contributed by atoms with van der Waals surface area (Å²) in [6, 6.07) is 1.21. The molecule has 8 nitrogen and oxygen atoms in total. The number of nitrogens with one attached hydrogen (secondary N) is 1. The average molecular weight is 394 g/mol. The smallest absolute Gasteiger partial charge is 0.248 e. The lowest BCUT2D eigenvalue weighted by Crippen LogP contribution is -2.27. The first-order chi connectivity index (χ1) is 12.8. The van der Waals surface area contributed by atoms with Gasteiger partial charge in [0.05, 0.1) is 11.6 Å². The van der Waals surface area contributed by atoms with Crippen molar-refractivity contribution >= 4 is 21.6 Å². The fourth-order valence-electron chi connectivity index (χ4n) is 3.49. The van der Waals surface area contributed by atoms with Crippen LogP contribution in [0.25, 0.3) is 0 Å². The Hall–Kier alpha value is -2.16. The van der Waals surface area contributed by atoms with Gasteiger partial charge in [-0.25, -0.2) is 13.4 Å². The van der Waals surface area contributed by atoms with Gasteiger partial charge < -0.3 is 9.88 Å². The molecule has 27 heavy (non-hydrogen) atoms. The van der Waals surface area contributed by atoms with Crippen LogP contribution in [0, 0.1) is 5.92 Å². The molecule has 1 aliphatic rings. The molecule has 2 aromatic heterocycles. The number of rotatable bonds is 7. The number of aromatic nitrogens is 4. The first-order valence-corrected chi connectivity index (χ1v) is 10.9. The molecular weight excluding hydrogens is 366 g/mol. The summed E-state index contributed by atoms with van der Waals surface area (Å²) in [6.45, 7) is 3.25. The second-order valence-corrected chi connectivity index (χ2v) is 9.97. The molecule has 0 saturated heterocycles. The molecule has 2 aromatic rings. The van der Waals surface area contributed by atoms with Gasteiger partial charge >= 0.3 is 0 Å². The predicted octanol–water partition coefficient (Wildman–Crippen LogP) is 2.56. The number of hydrogen-bond acceptors (Lipinski definition) is 5. The third-order valence-corrected chi connectivity index (χ3v) is 7.18. The maximum atomic E-state index is 12.9. The van der Waals surface area contributed by atoms with E-state index in [2.05, 4.69) is 15.4 Å². The van der Waals surface area contributed by atoms with Crippen LogP contribution in [0.2, 0.25) is 0 Å². The molecule has 2 heterocycles. The van der Waals surface area contributed by atoms with E-state index in [0.717, 1.165) is 12.8 Å². The van der Waals surface area contributed by atoms with Gasteiger partial charge in [-0.3, -0.25) is 9.48 Å². The number of carbonyl (C=O) groups is 1. The van der Waals surface area contributed by atoms with Gasteiger partial charge in [0.2, 0.25) is 5.91 Å². The number of carbonyl (C=O) groups excluding carboxylic acids is 1. The molecule has 0 bridgehead atoms. The average Bonchev–Trinajstić information content (AvgIpc) is 3.34. The zero-order valence-electron chi connectivity index (χ0n) is 16.0. The number of sulfone groups is 1. The third-order valence-electron chi connectivity index (χ3n) is 5.15. The Balaban J connectivity index is 1.85. The van der Waals surface area contributed by atoms with Crippen LogP contribution >= 0.6 is 0 Å². The molecule has 1 aliphatic carbocycles. The summed E-state index contributed by atoms with van der Waals surface area (Å²) < 4.78 is 28.0. The first kappa shape index (κ1) is 19.6. The third kappa shape index (κ3) is 4.40. The number of anilines is 1. The number of aryl methyl sites for hydroxylation is 1. The highest BCUT2D eigenvalue weighted by Gasteiger charge is 2.29. The number of hydrogen-bond donors (Lipinski definition) is 1. The molecule has 0 aromatic carbocycles. The lowest BCUT2D eigenvalue weighted by Gasteiger charge is -2.20. The molecule has 1 N–H and O–H groups in total. The minimum absolute atomic E-state index is 0.0135. The standard InChI is InChI=1S/C18H27N5O3S/c1-13(2)27(25,26)17-11-23(12-19-17)15(10-14-6-4-5-7-14)18(24)20-16-8-9-22(3)21-16/h8-9,11-15H,4-7,10H2,1-3H3,(H,20,21,24). The minimum Gasteiger partial charge on any atom is -0.324 e. The van der Waals surface area contributed by atoms with Crippen molar-refractivity contribution in [1.82, 2.24) is 19.3 Å². The Kier molecular flexibility index (Phi) is 5.69. The van der Waals surface area contributed by atoms with Crippen molar-refractivity contribution in [2.24, 2.45) is 13.0 Å². The van der Waals surface area contributed by atoms with Crippen LogP contribution in [0.4, 0.5) is 5.82 Å². The van der Waals surface area contributed by atoms with E-state index in [0.29, 0.717) is 18.2 Å². The highest BCUT2D eigenvalue weighted by molar-refractivity contribution is 7.91. The lowest BCUT2D eigenvalue weighted by molar-refractivity contribution is -0.119. The predicted molar refractivity (Wildman–Crippen MR) is 102 cm³/mol. The van der Waals surface area contributed by atoms with Crippen LogP contribution in [0.3, 0.4) is 0 Å². The van der Waals surface area contributed by atoms with Crippen molar-refractivity contribution in [3.05, 3.63) is 24.8 Å². The van der Waals surface area contributed by atoms with E-state index in [1.54, 1.807) is 42.4 Å². The monoisotopic (exact) mass is 393 g/mol. The van der Waals surface area contributed by atoms with Crippen molar-refractivity contribution in [2.75, 3.05) is 5.32 Å². The van der Waals surface area contributed by atoms with Crippen LogP contribution < -0.4 is 5.32 Å². The molecule has 1 amide bonds. The van der Waals surface area contributed by atoms with Crippen molar-refractivity contribution in [3.63, 3.8) is 0 Å². The molecule has 3 rings (SSSR count). The van der Waals surface area contributed by atoms with E-state index >= 15 is 0 Å². The van der Waals surface area contributed by atoms with E-state index < -0.39 is 21.1 Å². The van der Waals surface area contributed by atoms with E-state index in [4.69, 9.17) is 0 Å². The zero-order valence-corrected chi connectivity index (χ0v) is 16.8. The van der Waals surface area contributed by atoms with Gasteiger partial charge in [-0.05, 0) is 26.2 Å². The van der Waals surface area contributed by atoms with E-state index in [9.17, 15) is 13.2 Å². The van der Waals surface area contributed by atoms with E-state index in [-0.39, 0.29) is 10.9 Å². The molecule has 1 saturated carbocycles. The largest absolute Gasteiger partial charge is 0.324 e. The molecular formula is C18H27N5O3S. The van der Waals surface area contributed by atoms with Crippen molar-refractivity contribution in [3.8, 4) is 0 Å². The highest BCUT2D eigenvalue weighted by atomic mass is 32.2. The summed E-state index contributed by atoms with van der Waals surface area (Å²) in [6.07, 6.45) is 9.90. The van der Waals surface area contributed by atoms with Gasteiger partial charge in [-0.1, -0.05) is 25.7 Å². The maximum absolute atomic E-state index is 12.9. The highest BCUT2D eigenvalue weighted by Crippen LogP contribution is 2.33. The number of nitrogens with zero attached hydrogens (tertiary/aromatic N) is 4. The summed E-state index contributed by atoms with van der Waals surface area (Å²) in [4.78, 5) is 17.0. The molecule has 1 fully saturated rings. The second-order valence-electron chi connectivity index (χ2n) is 7.52. The Morgan fingerprint density at radius 1 is 1.33 bits per heavy atom. The van der Waals surface area contributed by atoms with Gasteiger partial charge in [0.25, 0.3) is 0 Å². The van der Waals surface area contributed by atoms with Gasteiger partial charge in [-0.2, -0.15) is 5.10 Å². The maximum Gasteiger partial charge on any atom is 0.248 e. The number of imidazole rings is 1. The van der Waals surface area contributed by atoms with E-state index in [1.807, 2.05) is 0 Å². The van der Waals surface area contributed by atoms with Gasteiger partial charge in [0.15, 0.2) is 20.7 Å². The van der Waals surface area contributed by atoms with Crippen LogP contribution in [0.5, 0.6) is 0 Å². The van der Waals surface area contributed by atoms with Crippen molar-refractivity contribution < 1.29 is 13.2 Å². The van der Waals surface area contributed by atoms with Crippen LogP contribution in [0.1, 0.15) is 52.0 Å². The van der Waals surface area contributed by atoms with Crippen LogP contribution in [0.15, 0.2) is 29.8 Å². The Labute approximate surface area is 159 Å². The molecule has 1 atom stereocenters. The van der Waals surface area contributed by atoms with Gasteiger partial charge in [0.1, 0.15) is 6.04 Å². The minimum atomic E-state index is -3.48. The molecule has 0 radical (unpaired) electrons. The molecule has 148 valence electrons. The fourth-order valence-corrected chi connectivity index (χ4v) is 4.44. The normalized spacial score (nSPS) is 16.7. The zero-order chi connectivity index (χ0) is 19.6. The summed E-state index contributed by atoms with van der Waals surface area (Å²) in [7, 11) is -1.70.